The van der Waals surface area contributed by atoms with Crippen LogP contribution in [0.15, 0.2) is 134 Å². The van der Waals surface area contributed by atoms with Gasteiger partial charge in [0.25, 0.3) is 0 Å². The van der Waals surface area contributed by atoms with Gasteiger partial charge < -0.3 is 24.0 Å². The Balaban J connectivity index is 4.66. The van der Waals surface area contributed by atoms with E-state index in [4.69, 9.17) is 18.5 Å². The van der Waals surface area contributed by atoms with Crippen molar-refractivity contribution < 1.29 is 47.2 Å². The highest BCUT2D eigenvalue weighted by atomic mass is 31.2. The van der Waals surface area contributed by atoms with Crippen molar-refractivity contribution in [2.24, 2.45) is 0 Å². The maximum Gasteiger partial charge on any atom is 0.472 e. The topological polar surface area (TPSA) is 129 Å². The number of phosphoric ester groups is 1. The number of carbonyl (C=O) groups excluding carboxylic acids is 2. The lowest BCUT2D eigenvalue weighted by Gasteiger charge is -2.24. The summed E-state index contributed by atoms with van der Waals surface area (Å²) in [4.78, 5) is 35.4. The molecule has 0 aliphatic rings. The van der Waals surface area contributed by atoms with Crippen LogP contribution in [0.25, 0.3) is 0 Å². The lowest BCUT2D eigenvalue weighted by atomic mass is 10.2. The molecule has 2 unspecified atom stereocenters. The van der Waals surface area contributed by atoms with Crippen LogP contribution >= 0.6 is 7.82 Å². The maximum atomic E-state index is 12.7. The van der Waals surface area contributed by atoms with E-state index in [-0.39, 0.29) is 26.1 Å². The average Bonchev–Trinajstić information content (AvgIpc) is 3.23. The molecule has 0 bridgehead atoms. The van der Waals surface area contributed by atoms with Gasteiger partial charge >= 0.3 is 19.8 Å². The van der Waals surface area contributed by atoms with Crippen LogP contribution in [0.2, 0.25) is 0 Å². The van der Waals surface area contributed by atoms with Crippen molar-refractivity contribution in [2.75, 3.05) is 47.5 Å². The highest BCUT2D eigenvalue weighted by Crippen LogP contribution is 2.43. The number of ether oxygens (including phenoxy) is 2. The molecule has 0 heterocycles. The summed E-state index contributed by atoms with van der Waals surface area (Å²) < 4.78 is 34.1. The number of hydrogen-bond donors (Lipinski definition) is 2. The number of rotatable bonds is 39. The standard InChI is InChI=1S/C52H82NO9P/c1-6-8-10-12-14-15-16-17-18-19-20-21-22-23-24-28-31-35-39-43-51(55)59-47-50(48-61-63(57,58)60-46-45-53(3,4)5)62-52(56)44-40-36-32-29-26-25-27-30-34-38-42-49(54)41-37-33-13-11-9-7-2/h9,11,14-15,17-18,20-21,23-26,30-38,42,49-50,54H,6-8,10,12-13,16,19,22,27-29,39-41,43-48H2,1-5H3/p+1/b11-9-,15-14-,18-17-,21-20-,24-23-,26-25-,34-30-,35-31-,36-32-,37-33-,42-38+/t49?,50-/m1/s1. The van der Waals surface area contributed by atoms with E-state index in [0.29, 0.717) is 36.7 Å². The maximum absolute atomic E-state index is 12.7. The molecule has 0 rings (SSSR count). The molecule has 0 saturated heterocycles. The predicted octanol–water partition coefficient (Wildman–Crippen LogP) is 12.4. The highest BCUT2D eigenvalue weighted by molar-refractivity contribution is 7.47. The SMILES string of the molecule is CC/C=C\C/C=C\CC(O)/C=C/C=C\C/C=C\C/C=C\CCC(=O)O[C@H](COC(=O)CC/C=C\C/C=C\C/C=C\C/C=C\C/C=C\CCCCC)COP(=O)(O)OCC[N+](C)(C)C. The number of aliphatic hydroxyl groups excluding tert-OH is 1. The van der Waals surface area contributed by atoms with E-state index < -0.39 is 38.6 Å². The largest absolute Gasteiger partial charge is 0.472 e. The van der Waals surface area contributed by atoms with E-state index in [1.807, 2.05) is 81.9 Å². The van der Waals surface area contributed by atoms with E-state index in [9.17, 15) is 24.2 Å². The van der Waals surface area contributed by atoms with E-state index in [1.165, 1.54) is 25.7 Å². The van der Waals surface area contributed by atoms with Crippen LogP contribution in [-0.2, 0) is 32.7 Å². The Morgan fingerprint density at radius 2 is 1.08 bits per heavy atom. The summed E-state index contributed by atoms with van der Waals surface area (Å²) in [5, 5.41) is 10.0. The fourth-order valence-electron chi connectivity index (χ4n) is 5.16. The first kappa shape index (κ1) is 59.1. The number of hydrogen-bond acceptors (Lipinski definition) is 8. The van der Waals surface area contributed by atoms with E-state index in [2.05, 4.69) is 80.7 Å². The summed E-state index contributed by atoms with van der Waals surface area (Å²) in [6.45, 7) is 3.98. The molecule has 11 heteroatoms. The third kappa shape index (κ3) is 45.9. The smallest absolute Gasteiger partial charge is 0.462 e. The zero-order chi connectivity index (χ0) is 46.5. The first-order valence-corrected chi connectivity index (χ1v) is 24.5. The minimum atomic E-state index is -4.44. The monoisotopic (exact) mass is 897 g/mol. The van der Waals surface area contributed by atoms with Crippen LogP contribution in [0, 0.1) is 0 Å². The molecule has 0 aromatic carbocycles. The summed E-state index contributed by atoms with van der Waals surface area (Å²) in [5.41, 5.74) is 0. The molecular weight excluding hydrogens is 814 g/mol. The fourth-order valence-corrected chi connectivity index (χ4v) is 5.90. The van der Waals surface area contributed by atoms with Crippen molar-refractivity contribution in [1.29, 1.82) is 0 Å². The first-order valence-electron chi connectivity index (χ1n) is 23.0. The lowest BCUT2D eigenvalue weighted by molar-refractivity contribution is -0.870. The molecule has 0 aliphatic heterocycles. The third-order valence-corrected chi connectivity index (χ3v) is 9.76. The van der Waals surface area contributed by atoms with Gasteiger partial charge in [-0.2, -0.15) is 0 Å². The summed E-state index contributed by atoms with van der Waals surface area (Å²) in [6.07, 6.45) is 57.0. The molecule has 3 atom stereocenters. The molecule has 0 amide bonds. The van der Waals surface area contributed by atoms with Crippen LogP contribution < -0.4 is 0 Å². The van der Waals surface area contributed by atoms with Gasteiger partial charge in [0.1, 0.15) is 19.8 Å². The van der Waals surface area contributed by atoms with Crippen molar-refractivity contribution in [1.82, 2.24) is 0 Å². The van der Waals surface area contributed by atoms with Crippen LogP contribution in [0.5, 0.6) is 0 Å². The van der Waals surface area contributed by atoms with Crippen molar-refractivity contribution in [3.05, 3.63) is 134 Å². The zero-order valence-corrected chi connectivity index (χ0v) is 40.2. The number of phosphoric acid groups is 1. The number of carbonyl (C=O) groups is 2. The van der Waals surface area contributed by atoms with Gasteiger partial charge in [0.2, 0.25) is 0 Å². The van der Waals surface area contributed by atoms with Crippen molar-refractivity contribution in [3.8, 4) is 0 Å². The Morgan fingerprint density at radius 3 is 1.62 bits per heavy atom. The van der Waals surface area contributed by atoms with Gasteiger partial charge in [-0.25, -0.2) is 4.57 Å². The summed E-state index contributed by atoms with van der Waals surface area (Å²) in [6, 6.07) is 0. The molecule has 0 saturated carbocycles. The molecule has 0 aromatic rings. The fraction of sp³-hybridized carbons (Fsp3) is 0.538. The Bertz CT molecular complexity index is 1540. The van der Waals surface area contributed by atoms with Gasteiger partial charge in [-0.15, -0.1) is 0 Å². The molecule has 0 aliphatic carbocycles. The number of allylic oxidation sites excluding steroid dienone is 20. The second-order valence-electron chi connectivity index (χ2n) is 15.9. The Morgan fingerprint density at radius 1 is 0.587 bits per heavy atom. The zero-order valence-electron chi connectivity index (χ0n) is 39.4. The van der Waals surface area contributed by atoms with Gasteiger partial charge in [0.15, 0.2) is 6.10 Å². The van der Waals surface area contributed by atoms with Gasteiger partial charge in [0.05, 0.1) is 33.9 Å². The van der Waals surface area contributed by atoms with Gasteiger partial charge in [-0.3, -0.25) is 18.6 Å². The number of quaternary nitrogens is 1. The Kier molecular flexibility index (Phi) is 39.5. The predicted molar refractivity (Wildman–Crippen MR) is 262 cm³/mol. The second kappa shape index (κ2) is 42.1. The first-order chi connectivity index (χ1) is 30.4. The quantitative estimate of drug-likeness (QED) is 0.0155. The minimum absolute atomic E-state index is 0.0106. The van der Waals surface area contributed by atoms with E-state index >= 15 is 0 Å². The molecule has 0 fully saturated rings. The third-order valence-electron chi connectivity index (χ3n) is 8.77. The van der Waals surface area contributed by atoms with Crippen LogP contribution in [0.3, 0.4) is 0 Å². The van der Waals surface area contributed by atoms with Crippen LogP contribution in [-0.4, -0.2) is 86.1 Å². The number of aliphatic hydroxyl groups is 1. The molecule has 63 heavy (non-hydrogen) atoms. The molecule has 0 aromatic heterocycles. The number of unbranched alkanes of at least 4 members (excludes halogenated alkanes) is 3. The molecule has 0 spiro atoms. The molecule has 10 nitrogen and oxygen atoms in total. The Labute approximate surface area is 382 Å². The molecule has 2 N–H and O–H groups in total. The van der Waals surface area contributed by atoms with E-state index in [1.54, 1.807) is 6.08 Å². The average molecular weight is 897 g/mol. The summed E-state index contributed by atoms with van der Waals surface area (Å²) in [7, 11) is 1.33. The number of nitrogens with zero attached hydrogens (tertiary/aromatic N) is 1. The summed E-state index contributed by atoms with van der Waals surface area (Å²) in [5.74, 6) is -1.04. The van der Waals surface area contributed by atoms with Crippen LogP contribution in [0.4, 0.5) is 0 Å². The lowest BCUT2D eigenvalue weighted by Crippen LogP contribution is -2.37. The van der Waals surface area contributed by atoms with Gasteiger partial charge in [-0.05, 0) is 83.5 Å². The molecule has 0 radical (unpaired) electrons. The number of likely N-dealkylation sites (N-methyl/N-ethyl adjacent to an activating group) is 1. The second-order valence-corrected chi connectivity index (χ2v) is 17.3. The van der Waals surface area contributed by atoms with Crippen molar-refractivity contribution in [3.63, 3.8) is 0 Å². The highest BCUT2D eigenvalue weighted by Gasteiger charge is 2.27. The number of esters is 2. The van der Waals surface area contributed by atoms with Gasteiger partial charge in [-0.1, -0.05) is 160 Å². The Hall–Kier alpha value is -3.89. The normalized spacial score (nSPS) is 15.2. The summed E-state index contributed by atoms with van der Waals surface area (Å²) >= 11 is 0. The molecule has 354 valence electrons. The van der Waals surface area contributed by atoms with Crippen molar-refractivity contribution >= 4 is 19.8 Å². The molecular formula is C52H83NO9P+. The van der Waals surface area contributed by atoms with Crippen LogP contribution in [0.1, 0.15) is 123 Å². The minimum Gasteiger partial charge on any atom is -0.462 e. The van der Waals surface area contributed by atoms with E-state index in [0.717, 1.165) is 44.9 Å². The van der Waals surface area contributed by atoms with Crippen molar-refractivity contribution in [2.45, 2.75) is 135 Å². The van der Waals surface area contributed by atoms with Gasteiger partial charge in [0, 0.05) is 12.8 Å².